The zero-order valence-electron chi connectivity index (χ0n) is 14.6. The topological polar surface area (TPSA) is 78.9 Å². The fourth-order valence-electron chi connectivity index (χ4n) is 4.49. The van der Waals surface area contributed by atoms with E-state index in [-0.39, 0.29) is 18.1 Å². The molecule has 130 valence electrons. The third-order valence-corrected chi connectivity index (χ3v) is 5.68. The molecule has 3 aliphatic rings. The Kier molecular flexibility index (Phi) is 3.71. The first kappa shape index (κ1) is 16.9. The second-order valence-corrected chi connectivity index (χ2v) is 7.17. The normalized spacial score (nSPS) is 38.3. The molecule has 0 aromatic heterocycles. The third kappa shape index (κ3) is 2.16. The van der Waals surface area contributed by atoms with Gasteiger partial charge in [-0.3, -0.25) is 9.59 Å². The second-order valence-electron chi connectivity index (χ2n) is 7.17. The number of rotatable bonds is 2. The quantitative estimate of drug-likeness (QED) is 0.720. The van der Waals surface area contributed by atoms with Gasteiger partial charge in [-0.1, -0.05) is 12.5 Å². The molecule has 0 saturated heterocycles. The smallest absolute Gasteiger partial charge is 0.336 e. The number of carbonyl (C=O) groups excluding carboxylic acids is 3. The summed E-state index contributed by atoms with van der Waals surface area (Å²) < 4.78 is 16.5. The van der Waals surface area contributed by atoms with E-state index in [1.54, 1.807) is 13.0 Å². The lowest BCUT2D eigenvalue weighted by molar-refractivity contribution is -0.225. The monoisotopic (exact) mass is 334 g/mol. The molecule has 24 heavy (non-hydrogen) atoms. The minimum atomic E-state index is -1.18. The van der Waals surface area contributed by atoms with Crippen LogP contribution in [0, 0.1) is 11.3 Å². The Bertz CT molecular complexity index is 702. The van der Waals surface area contributed by atoms with Gasteiger partial charge in [-0.25, -0.2) is 4.79 Å². The van der Waals surface area contributed by atoms with Gasteiger partial charge in [-0.2, -0.15) is 0 Å². The second kappa shape index (κ2) is 5.28. The van der Waals surface area contributed by atoms with Gasteiger partial charge in [0.15, 0.2) is 11.9 Å². The predicted molar refractivity (Wildman–Crippen MR) is 83.7 cm³/mol. The molecule has 3 rings (SSSR count). The maximum atomic E-state index is 12.5. The SMILES string of the molecule is CO[C@]12C[C@@]3(C)[C@H](OC(C)=O)C(=O)C=C(C)[C@@H]3CC1=C(C)C(=O)O2. The number of ether oxygens (including phenoxy) is 3. The zero-order chi connectivity index (χ0) is 17.9. The summed E-state index contributed by atoms with van der Waals surface area (Å²) in [5, 5.41) is 0. The summed E-state index contributed by atoms with van der Waals surface area (Å²) in [6.45, 7) is 6.82. The van der Waals surface area contributed by atoms with Gasteiger partial charge < -0.3 is 14.2 Å². The molecule has 0 aromatic rings. The highest BCUT2D eigenvalue weighted by atomic mass is 16.7. The minimum Gasteiger partial charge on any atom is -0.454 e. The van der Waals surface area contributed by atoms with Crippen LogP contribution in [-0.2, 0) is 28.6 Å². The number of allylic oxidation sites excluding steroid dienone is 1. The Morgan fingerprint density at radius 2 is 2.00 bits per heavy atom. The summed E-state index contributed by atoms with van der Waals surface area (Å²) in [7, 11) is 1.49. The van der Waals surface area contributed by atoms with Crippen LogP contribution in [0.2, 0.25) is 0 Å². The standard InChI is InChI=1S/C18H22O6/c1-9-6-14(20)15(23-11(3)19)17(4)8-18(22-5)13(7-12(9)17)10(2)16(21)24-18/h6,12,15H,7-8H2,1-5H3/t12-,15+,17+,18-/m0/s1. The maximum Gasteiger partial charge on any atom is 0.336 e. The van der Waals surface area contributed by atoms with Crippen molar-refractivity contribution in [3.8, 4) is 0 Å². The Balaban J connectivity index is 2.12. The van der Waals surface area contributed by atoms with Gasteiger partial charge >= 0.3 is 11.9 Å². The lowest BCUT2D eigenvalue weighted by Crippen LogP contribution is -2.57. The molecular formula is C18H22O6. The van der Waals surface area contributed by atoms with E-state index in [1.165, 1.54) is 14.0 Å². The number of hydrogen-bond acceptors (Lipinski definition) is 6. The molecule has 1 aliphatic heterocycles. The van der Waals surface area contributed by atoms with E-state index in [2.05, 4.69) is 0 Å². The van der Waals surface area contributed by atoms with Gasteiger partial charge in [-0.15, -0.1) is 0 Å². The summed E-state index contributed by atoms with van der Waals surface area (Å²) in [5.41, 5.74) is 1.61. The van der Waals surface area contributed by atoms with Crippen molar-refractivity contribution in [2.45, 2.75) is 52.4 Å². The number of ketones is 1. The van der Waals surface area contributed by atoms with Crippen molar-refractivity contribution in [3.63, 3.8) is 0 Å². The van der Waals surface area contributed by atoms with Gasteiger partial charge in [0.25, 0.3) is 0 Å². The minimum absolute atomic E-state index is 0.0257. The van der Waals surface area contributed by atoms with Crippen LogP contribution in [0.25, 0.3) is 0 Å². The maximum absolute atomic E-state index is 12.5. The molecule has 0 aromatic carbocycles. The first-order chi connectivity index (χ1) is 11.1. The van der Waals surface area contributed by atoms with Crippen LogP contribution in [0.3, 0.4) is 0 Å². The van der Waals surface area contributed by atoms with Gasteiger partial charge in [0, 0.05) is 37.0 Å². The summed E-state index contributed by atoms with van der Waals surface area (Å²) in [5.74, 6) is -2.34. The predicted octanol–water partition coefficient (Wildman–Crippen LogP) is 2.08. The molecule has 1 heterocycles. The Morgan fingerprint density at radius 1 is 1.33 bits per heavy atom. The van der Waals surface area contributed by atoms with Crippen LogP contribution in [0.15, 0.2) is 22.8 Å². The molecule has 0 unspecified atom stereocenters. The van der Waals surface area contributed by atoms with Crippen molar-refractivity contribution >= 4 is 17.7 Å². The van der Waals surface area contributed by atoms with Crippen molar-refractivity contribution in [3.05, 3.63) is 22.8 Å². The number of fused-ring (bicyclic) bond motifs is 2. The Morgan fingerprint density at radius 3 is 2.58 bits per heavy atom. The number of methoxy groups -OCH3 is 1. The van der Waals surface area contributed by atoms with Crippen LogP contribution < -0.4 is 0 Å². The summed E-state index contributed by atoms with van der Waals surface area (Å²) in [6.07, 6.45) is 1.45. The molecule has 0 N–H and O–H groups in total. The molecule has 1 fully saturated rings. The average molecular weight is 334 g/mol. The molecule has 0 bridgehead atoms. The highest BCUT2D eigenvalue weighted by Crippen LogP contribution is 2.58. The molecule has 1 saturated carbocycles. The van der Waals surface area contributed by atoms with Gasteiger partial charge in [0.1, 0.15) is 0 Å². The van der Waals surface area contributed by atoms with Crippen LogP contribution in [0.1, 0.15) is 40.5 Å². The van der Waals surface area contributed by atoms with Crippen LogP contribution in [0.5, 0.6) is 0 Å². The molecule has 4 atom stereocenters. The highest BCUT2D eigenvalue weighted by molar-refractivity contribution is 5.97. The molecule has 0 spiro atoms. The van der Waals surface area contributed by atoms with Crippen LogP contribution in [0.4, 0.5) is 0 Å². The van der Waals surface area contributed by atoms with Gasteiger partial charge in [0.05, 0.1) is 0 Å². The number of carbonyl (C=O) groups is 3. The van der Waals surface area contributed by atoms with E-state index in [0.717, 1.165) is 11.1 Å². The van der Waals surface area contributed by atoms with Crippen molar-refractivity contribution < 1.29 is 28.6 Å². The van der Waals surface area contributed by atoms with Crippen molar-refractivity contribution in [2.75, 3.05) is 7.11 Å². The van der Waals surface area contributed by atoms with E-state index >= 15 is 0 Å². The Hall–Kier alpha value is -1.95. The third-order valence-electron chi connectivity index (χ3n) is 5.68. The molecule has 0 radical (unpaired) electrons. The van der Waals surface area contributed by atoms with Gasteiger partial charge in [0.2, 0.25) is 5.79 Å². The first-order valence-corrected chi connectivity index (χ1v) is 8.02. The summed E-state index contributed by atoms with van der Waals surface area (Å²) >= 11 is 0. The fraction of sp³-hybridized carbons (Fsp3) is 0.611. The number of esters is 2. The van der Waals surface area contributed by atoms with E-state index in [9.17, 15) is 14.4 Å². The average Bonchev–Trinajstić information content (AvgIpc) is 2.73. The van der Waals surface area contributed by atoms with E-state index in [1.807, 2.05) is 13.8 Å². The molecule has 0 amide bonds. The van der Waals surface area contributed by atoms with E-state index < -0.39 is 29.2 Å². The van der Waals surface area contributed by atoms with Crippen LogP contribution >= 0.6 is 0 Å². The lowest BCUT2D eigenvalue weighted by atomic mass is 9.56. The van der Waals surface area contributed by atoms with Crippen molar-refractivity contribution in [2.24, 2.45) is 11.3 Å². The fourth-order valence-corrected chi connectivity index (χ4v) is 4.49. The summed E-state index contributed by atoms with van der Waals surface area (Å²) in [6, 6.07) is 0. The van der Waals surface area contributed by atoms with Crippen LogP contribution in [-0.4, -0.2) is 36.7 Å². The largest absolute Gasteiger partial charge is 0.454 e. The van der Waals surface area contributed by atoms with Crippen molar-refractivity contribution in [1.82, 2.24) is 0 Å². The van der Waals surface area contributed by atoms with Gasteiger partial charge in [-0.05, 0) is 32.3 Å². The lowest BCUT2D eigenvalue weighted by Gasteiger charge is -2.52. The van der Waals surface area contributed by atoms with E-state index in [4.69, 9.17) is 14.2 Å². The summed E-state index contributed by atoms with van der Waals surface area (Å²) in [4.78, 5) is 36.1. The number of hydrogen-bond donors (Lipinski definition) is 0. The zero-order valence-corrected chi connectivity index (χ0v) is 14.6. The van der Waals surface area contributed by atoms with E-state index in [0.29, 0.717) is 12.0 Å². The Labute approximate surface area is 140 Å². The highest BCUT2D eigenvalue weighted by Gasteiger charge is 2.62. The molecule has 6 heteroatoms. The molecular weight excluding hydrogens is 312 g/mol. The van der Waals surface area contributed by atoms with Crippen molar-refractivity contribution in [1.29, 1.82) is 0 Å². The molecule has 2 aliphatic carbocycles. The first-order valence-electron chi connectivity index (χ1n) is 8.02. The molecule has 6 nitrogen and oxygen atoms in total.